The summed E-state index contributed by atoms with van der Waals surface area (Å²) in [5.74, 6) is 1.83. The normalized spacial score (nSPS) is 20.6. The maximum Gasteiger partial charge on any atom is 0.142 e. The number of anilines is 1. The van der Waals surface area contributed by atoms with E-state index in [4.69, 9.17) is 10.5 Å². The Kier molecular flexibility index (Phi) is 4.99. The Labute approximate surface area is 127 Å². The Balaban J connectivity index is 1.29. The number of hydrogen-bond acceptors (Lipinski definition) is 4. The van der Waals surface area contributed by atoms with Crippen molar-refractivity contribution in [1.29, 1.82) is 0 Å². The van der Waals surface area contributed by atoms with Gasteiger partial charge in [0.2, 0.25) is 0 Å². The van der Waals surface area contributed by atoms with E-state index in [1.807, 2.05) is 24.3 Å². The van der Waals surface area contributed by atoms with E-state index in [1.165, 1.54) is 45.6 Å². The zero-order valence-corrected chi connectivity index (χ0v) is 12.8. The van der Waals surface area contributed by atoms with Crippen LogP contribution < -0.4 is 10.5 Å². The van der Waals surface area contributed by atoms with E-state index in [0.717, 1.165) is 36.9 Å². The van der Waals surface area contributed by atoms with Gasteiger partial charge in [-0.05, 0) is 37.3 Å². The minimum Gasteiger partial charge on any atom is -0.491 e. The van der Waals surface area contributed by atoms with Gasteiger partial charge in [-0.2, -0.15) is 0 Å². The van der Waals surface area contributed by atoms with Crippen LogP contribution in [0, 0.1) is 5.92 Å². The maximum absolute atomic E-state index is 5.86. The van der Waals surface area contributed by atoms with E-state index in [1.54, 1.807) is 0 Å². The lowest BCUT2D eigenvalue weighted by molar-refractivity contribution is 0.122. The first kappa shape index (κ1) is 14.7. The summed E-state index contributed by atoms with van der Waals surface area (Å²) in [6.45, 7) is 8.11. The molecule has 1 aromatic rings. The van der Waals surface area contributed by atoms with E-state index in [2.05, 4.69) is 9.80 Å². The van der Waals surface area contributed by atoms with Crippen LogP contribution in [0.3, 0.4) is 0 Å². The molecule has 0 spiro atoms. The Morgan fingerprint density at radius 2 is 1.76 bits per heavy atom. The monoisotopic (exact) mass is 289 g/mol. The van der Waals surface area contributed by atoms with Gasteiger partial charge in [-0.15, -0.1) is 0 Å². The molecule has 0 amide bonds. The lowest BCUT2D eigenvalue weighted by Gasteiger charge is -2.34. The molecule has 0 unspecified atom stereocenters. The second kappa shape index (κ2) is 7.14. The number of para-hydroxylation sites is 2. The van der Waals surface area contributed by atoms with Crippen LogP contribution in [0.2, 0.25) is 0 Å². The van der Waals surface area contributed by atoms with Crippen LogP contribution in [-0.4, -0.2) is 55.7 Å². The van der Waals surface area contributed by atoms with Crippen LogP contribution in [0.25, 0.3) is 0 Å². The molecule has 4 nitrogen and oxygen atoms in total. The Morgan fingerprint density at radius 1 is 1.05 bits per heavy atom. The highest BCUT2D eigenvalue weighted by Gasteiger charge is 2.26. The molecular formula is C17H27N3O. The van der Waals surface area contributed by atoms with Gasteiger partial charge in [0.25, 0.3) is 0 Å². The van der Waals surface area contributed by atoms with E-state index in [9.17, 15) is 0 Å². The molecule has 1 aromatic carbocycles. The van der Waals surface area contributed by atoms with Crippen molar-refractivity contribution in [3.8, 4) is 5.75 Å². The molecule has 1 aliphatic heterocycles. The van der Waals surface area contributed by atoms with Gasteiger partial charge >= 0.3 is 0 Å². The minimum absolute atomic E-state index is 0.728. The smallest absolute Gasteiger partial charge is 0.142 e. The number of rotatable bonds is 7. The Bertz CT molecular complexity index is 439. The number of nitrogens with zero attached hydrogens (tertiary/aromatic N) is 2. The third-order valence-electron chi connectivity index (χ3n) is 4.47. The quantitative estimate of drug-likeness (QED) is 0.616. The summed E-state index contributed by atoms with van der Waals surface area (Å²) < 4.78 is 5.75. The molecule has 21 heavy (non-hydrogen) atoms. The Hall–Kier alpha value is -1.26. The van der Waals surface area contributed by atoms with Gasteiger partial charge in [-0.1, -0.05) is 12.1 Å². The maximum atomic E-state index is 5.86. The molecule has 2 N–H and O–H groups in total. The summed E-state index contributed by atoms with van der Waals surface area (Å²) in [6.07, 6.45) is 3.98. The first-order valence-electron chi connectivity index (χ1n) is 8.23. The molecule has 0 aromatic heterocycles. The fourth-order valence-electron chi connectivity index (χ4n) is 2.94. The number of hydrogen-bond donors (Lipinski definition) is 1. The van der Waals surface area contributed by atoms with Crippen molar-refractivity contribution in [2.75, 3.05) is 51.6 Å². The molecule has 2 aliphatic rings. The van der Waals surface area contributed by atoms with E-state index >= 15 is 0 Å². The van der Waals surface area contributed by atoms with Crippen LogP contribution in [0.1, 0.15) is 19.3 Å². The van der Waals surface area contributed by atoms with Gasteiger partial charge in [0, 0.05) is 39.3 Å². The highest BCUT2D eigenvalue weighted by atomic mass is 16.5. The lowest BCUT2D eigenvalue weighted by atomic mass is 10.2. The zero-order valence-electron chi connectivity index (χ0n) is 12.8. The van der Waals surface area contributed by atoms with Gasteiger partial charge in [0.1, 0.15) is 5.75 Å². The van der Waals surface area contributed by atoms with E-state index in [0.29, 0.717) is 0 Å². The third kappa shape index (κ3) is 4.61. The minimum atomic E-state index is 0.728. The first-order valence-corrected chi connectivity index (χ1v) is 8.23. The summed E-state index contributed by atoms with van der Waals surface area (Å²) in [4.78, 5) is 5.19. The van der Waals surface area contributed by atoms with E-state index in [-0.39, 0.29) is 0 Å². The van der Waals surface area contributed by atoms with Crippen molar-refractivity contribution in [3.05, 3.63) is 24.3 Å². The predicted octanol–water partition coefficient (Wildman–Crippen LogP) is 2.07. The van der Waals surface area contributed by atoms with Crippen molar-refractivity contribution >= 4 is 5.69 Å². The molecule has 1 heterocycles. The standard InChI is InChI=1S/C17H27N3O/c18-16-4-1-2-5-17(16)21-13-3-8-19-9-11-20(12-10-19)14-15-6-7-15/h1-2,4-5,15H,3,6-14,18H2. The summed E-state index contributed by atoms with van der Waals surface area (Å²) in [5, 5.41) is 0. The molecule has 1 saturated heterocycles. The number of piperazine rings is 1. The second-order valence-corrected chi connectivity index (χ2v) is 6.33. The fourth-order valence-corrected chi connectivity index (χ4v) is 2.94. The molecule has 1 aliphatic carbocycles. The van der Waals surface area contributed by atoms with Crippen molar-refractivity contribution in [2.45, 2.75) is 19.3 Å². The van der Waals surface area contributed by atoms with Crippen molar-refractivity contribution in [2.24, 2.45) is 5.92 Å². The summed E-state index contributed by atoms with van der Waals surface area (Å²) in [6, 6.07) is 7.72. The molecule has 0 bridgehead atoms. The summed E-state index contributed by atoms with van der Waals surface area (Å²) in [5.41, 5.74) is 6.59. The van der Waals surface area contributed by atoms with Gasteiger partial charge in [-0.25, -0.2) is 0 Å². The lowest BCUT2D eigenvalue weighted by Crippen LogP contribution is -2.47. The van der Waals surface area contributed by atoms with Crippen LogP contribution in [0.5, 0.6) is 5.75 Å². The molecule has 1 saturated carbocycles. The molecule has 116 valence electrons. The fraction of sp³-hybridized carbons (Fsp3) is 0.647. The third-order valence-corrected chi connectivity index (χ3v) is 4.47. The van der Waals surface area contributed by atoms with Crippen LogP contribution in [-0.2, 0) is 0 Å². The highest BCUT2D eigenvalue weighted by Crippen LogP contribution is 2.29. The molecule has 0 radical (unpaired) electrons. The zero-order chi connectivity index (χ0) is 14.5. The van der Waals surface area contributed by atoms with Crippen LogP contribution >= 0.6 is 0 Å². The second-order valence-electron chi connectivity index (χ2n) is 6.33. The van der Waals surface area contributed by atoms with E-state index < -0.39 is 0 Å². The van der Waals surface area contributed by atoms with Crippen LogP contribution in [0.15, 0.2) is 24.3 Å². The highest BCUT2D eigenvalue weighted by molar-refractivity contribution is 5.51. The van der Waals surface area contributed by atoms with Crippen molar-refractivity contribution < 1.29 is 4.74 Å². The van der Waals surface area contributed by atoms with Gasteiger partial charge in [0.05, 0.1) is 12.3 Å². The van der Waals surface area contributed by atoms with Crippen LogP contribution in [0.4, 0.5) is 5.69 Å². The number of benzene rings is 1. The summed E-state index contributed by atoms with van der Waals surface area (Å²) >= 11 is 0. The average Bonchev–Trinajstić information content (AvgIpc) is 3.31. The van der Waals surface area contributed by atoms with Gasteiger partial charge < -0.3 is 20.3 Å². The largest absolute Gasteiger partial charge is 0.491 e. The SMILES string of the molecule is Nc1ccccc1OCCCN1CCN(CC2CC2)CC1. The molecular weight excluding hydrogens is 262 g/mol. The number of nitrogen functional groups attached to an aromatic ring is 1. The number of nitrogens with two attached hydrogens (primary N) is 1. The van der Waals surface area contributed by atoms with Gasteiger partial charge in [0.15, 0.2) is 0 Å². The topological polar surface area (TPSA) is 41.7 Å². The van der Waals surface area contributed by atoms with Crippen molar-refractivity contribution in [3.63, 3.8) is 0 Å². The molecule has 4 heteroatoms. The molecule has 3 rings (SSSR count). The van der Waals surface area contributed by atoms with Gasteiger partial charge in [-0.3, -0.25) is 0 Å². The average molecular weight is 289 g/mol. The number of ether oxygens (including phenoxy) is 1. The first-order chi connectivity index (χ1) is 10.3. The predicted molar refractivity (Wildman–Crippen MR) is 86.6 cm³/mol. The summed E-state index contributed by atoms with van der Waals surface area (Å²) in [7, 11) is 0. The molecule has 2 fully saturated rings. The van der Waals surface area contributed by atoms with Crippen molar-refractivity contribution in [1.82, 2.24) is 9.80 Å². The Morgan fingerprint density at radius 3 is 2.48 bits per heavy atom. The molecule has 0 atom stereocenters.